The van der Waals surface area contributed by atoms with Gasteiger partial charge in [0.1, 0.15) is 0 Å². The number of aryl methyl sites for hydroxylation is 1. The molecule has 0 fully saturated rings. The molecule has 0 saturated carbocycles. The first-order valence-electron chi connectivity index (χ1n) is 6.02. The molecule has 0 amide bonds. The molecule has 0 bridgehead atoms. The maximum Gasteiger partial charge on any atom is 0.0584 e. The second-order valence-electron chi connectivity index (χ2n) is 4.82. The lowest BCUT2D eigenvalue weighted by Crippen LogP contribution is -2.33. The van der Waals surface area contributed by atoms with E-state index in [1.54, 1.807) is 0 Å². The molecule has 1 aromatic rings. The second kappa shape index (κ2) is 6.66. The summed E-state index contributed by atoms with van der Waals surface area (Å²) in [6.07, 6.45) is 1.02. The van der Waals surface area contributed by atoms with E-state index in [2.05, 4.69) is 50.4 Å². The SMILES string of the molecule is Cc1ccccc1CNC(CO)CC(C)C. The third-order valence-electron chi connectivity index (χ3n) is 2.82. The highest BCUT2D eigenvalue weighted by atomic mass is 16.3. The van der Waals surface area contributed by atoms with Crippen LogP contribution in [-0.4, -0.2) is 17.8 Å². The standard InChI is InChI=1S/C14H23NO/c1-11(2)8-14(10-16)15-9-13-7-5-4-6-12(13)3/h4-7,11,14-16H,8-10H2,1-3H3. The summed E-state index contributed by atoms with van der Waals surface area (Å²) >= 11 is 0. The summed E-state index contributed by atoms with van der Waals surface area (Å²) in [4.78, 5) is 0. The molecule has 0 spiro atoms. The number of nitrogens with one attached hydrogen (secondary N) is 1. The second-order valence-corrected chi connectivity index (χ2v) is 4.82. The number of benzene rings is 1. The first kappa shape index (κ1) is 13.2. The molecule has 0 aliphatic rings. The van der Waals surface area contributed by atoms with Gasteiger partial charge in [0.05, 0.1) is 6.61 Å². The van der Waals surface area contributed by atoms with E-state index in [4.69, 9.17) is 0 Å². The van der Waals surface area contributed by atoms with Crippen LogP contribution in [0.1, 0.15) is 31.4 Å². The van der Waals surface area contributed by atoms with Gasteiger partial charge in [-0.25, -0.2) is 0 Å². The molecule has 2 N–H and O–H groups in total. The van der Waals surface area contributed by atoms with Gasteiger partial charge in [-0.15, -0.1) is 0 Å². The van der Waals surface area contributed by atoms with Crippen LogP contribution in [0.15, 0.2) is 24.3 Å². The van der Waals surface area contributed by atoms with Crippen LogP contribution in [0.2, 0.25) is 0 Å². The fourth-order valence-electron chi connectivity index (χ4n) is 1.85. The van der Waals surface area contributed by atoms with Crippen molar-refractivity contribution in [2.75, 3.05) is 6.61 Å². The van der Waals surface area contributed by atoms with Gasteiger partial charge in [0, 0.05) is 12.6 Å². The molecule has 0 aliphatic carbocycles. The summed E-state index contributed by atoms with van der Waals surface area (Å²) in [7, 11) is 0. The van der Waals surface area contributed by atoms with Gasteiger partial charge in [-0.2, -0.15) is 0 Å². The molecule has 0 aliphatic heterocycles. The predicted molar refractivity (Wildman–Crippen MR) is 68.3 cm³/mol. The van der Waals surface area contributed by atoms with Crippen molar-refractivity contribution in [3.8, 4) is 0 Å². The van der Waals surface area contributed by atoms with Crippen molar-refractivity contribution in [1.82, 2.24) is 5.32 Å². The van der Waals surface area contributed by atoms with Crippen LogP contribution in [0.5, 0.6) is 0 Å². The third kappa shape index (κ3) is 4.33. The monoisotopic (exact) mass is 221 g/mol. The molecule has 1 unspecified atom stereocenters. The lowest BCUT2D eigenvalue weighted by Gasteiger charge is -2.18. The van der Waals surface area contributed by atoms with E-state index in [-0.39, 0.29) is 12.6 Å². The van der Waals surface area contributed by atoms with Crippen LogP contribution in [0.3, 0.4) is 0 Å². The average Bonchev–Trinajstić information content (AvgIpc) is 2.25. The molecule has 1 aromatic carbocycles. The zero-order chi connectivity index (χ0) is 12.0. The Bertz CT molecular complexity index is 309. The Labute approximate surface area is 98.7 Å². The zero-order valence-electron chi connectivity index (χ0n) is 10.5. The highest BCUT2D eigenvalue weighted by molar-refractivity contribution is 5.25. The van der Waals surface area contributed by atoms with Crippen LogP contribution >= 0.6 is 0 Å². The molecule has 1 rings (SSSR count). The first-order valence-corrected chi connectivity index (χ1v) is 6.02. The Morgan fingerprint density at radius 1 is 1.25 bits per heavy atom. The fraction of sp³-hybridized carbons (Fsp3) is 0.571. The van der Waals surface area contributed by atoms with Crippen LogP contribution in [0, 0.1) is 12.8 Å². The minimum atomic E-state index is 0.208. The Morgan fingerprint density at radius 2 is 1.94 bits per heavy atom. The van der Waals surface area contributed by atoms with Crippen LogP contribution in [0.4, 0.5) is 0 Å². The predicted octanol–water partition coefficient (Wildman–Crippen LogP) is 2.49. The molecule has 0 radical (unpaired) electrons. The van der Waals surface area contributed by atoms with Gasteiger partial charge in [0.2, 0.25) is 0 Å². The molecule has 90 valence electrons. The molecule has 16 heavy (non-hydrogen) atoms. The van der Waals surface area contributed by atoms with E-state index < -0.39 is 0 Å². The van der Waals surface area contributed by atoms with Gasteiger partial charge in [0.15, 0.2) is 0 Å². The van der Waals surface area contributed by atoms with Gasteiger partial charge >= 0.3 is 0 Å². The Balaban J connectivity index is 2.46. The van der Waals surface area contributed by atoms with Crippen molar-refractivity contribution >= 4 is 0 Å². The Morgan fingerprint density at radius 3 is 2.50 bits per heavy atom. The minimum Gasteiger partial charge on any atom is -0.395 e. The molecule has 2 heteroatoms. The summed E-state index contributed by atoms with van der Waals surface area (Å²) in [5, 5.41) is 12.7. The van der Waals surface area contributed by atoms with Gasteiger partial charge < -0.3 is 10.4 Å². The number of hydrogen-bond acceptors (Lipinski definition) is 2. The highest BCUT2D eigenvalue weighted by Crippen LogP contribution is 2.09. The van der Waals surface area contributed by atoms with Crippen molar-refractivity contribution in [1.29, 1.82) is 0 Å². The quantitative estimate of drug-likeness (QED) is 0.773. The molecular formula is C14H23NO. The number of aliphatic hydroxyl groups excluding tert-OH is 1. The van der Waals surface area contributed by atoms with Crippen LogP contribution < -0.4 is 5.32 Å². The molecule has 0 heterocycles. The molecule has 0 aromatic heterocycles. The van der Waals surface area contributed by atoms with E-state index in [9.17, 15) is 5.11 Å². The van der Waals surface area contributed by atoms with Crippen molar-refractivity contribution in [2.45, 2.75) is 39.8 Å². The maximum atomic E-state index is 9.26. The summed E-state index contributed by atoms with van der Waals surface area (Å²) in [5.41, 5.74) is 2.61. The van der Waals surface area contributed by atoms with E-state index in [0.29, 0.717) is 5.92 Å². The summed E-state index contributed by atoms with van der Waals surface area (Å²) in [6.45, 7) is 7.53. The van der Waals surface area contributed by atoms with E-state index >= 15 is 0 Å². The Kier molecular flexibility index (Phi) is 5.50. The minimum absolute atomic E-state index is 0.208. The normalized spacial score (nSPS) is 13.1. The summed E-state index contributed by atoms with van der Waals surface area (Å²) in [5.74, 6) is 0.613. The van der Waals surface area contributed by atoms with E-state index in [0.717, 1.165) is 13.0 Å². The Hall–Kier alpha value is -0.860. The number of aliphatic hydroxyl groups is 1. The van der Waals surface area contributed by atoms with Crippen molar-refractivity contribution in [2.24, 2.45) is 5.92 Å². The van der Waals surface area contributed by atoms with Crippen molar-refractivity contribution in [3.63, 3.8) is 0 Å². The number of hydrogen-bond donors (Lipinski definition) is 2. The number of rotatable bonds is 6. The summed E-state index contributed by atoms with van der Waals surface area (Å²) < 4.78 is 0. The van der Waals surface area contributed by atoms with Crippen molar-refractivity contribution in [3.05, 3.63) is 35.4 Å². The smallest absolute Gasteiger partial charge is 0.0584 e. The average molecular weight is 221 g/mol. The topological polar surface area (TPSA) is 32.3 Å². The largest absolute Gasteiger partial charge is 0.395 e. The zero-order valence-corrected chi connectivity index (χ0v) is 10.5. The van der Waals surface area contributed by atoms with Gasteiger partial charge in [-0.1, -0.05) is 38.1 Å². The molecule has 0 saturated heterocycles. The lowest BCUT2D eigenvalue weighted by molar-refractivity contribution is 0.223. The summed E-state index contributed by atoms with van der Waals surface area (Å²) in [6, 6.07) is 8.57. The van der Waals surface area contributed by atoms with Gasteiger partial charge in [0.25, 0.3) is 0 Å². The van der Waals surface area contributed by atoms with E-state index in [1.165, 1.54) is 11.1 Å². The van der Waals surface area contributed by atoms with Gasteiger partial charge in [-0.3, -0.25) is 0 Å². The van der Waals surface area contributed by atoms with E-state index in [1.807, 2.05) is 0 Å². The fourth-order valence-corrected chi connectivity index (χ4v) is 1.85. The highest BCUT2D eigenvalue weighted by Gasteiger charge is 2.09. The maximum absolute atomic E-state index is 9.26. The van der Waals surface area contributed by atoms with Gasteiger partial charge in [-0.05, 0) is 30.4 Å². The molecule has 1 atom stereocenters. The third-order valence-corrected chi connectivity index (χ3v) is 2.82. The van der Waals surface area contributed by atoms with Crippen LogP contribution in [-0.2, 0) is 6.54 Å². The van der Waals surface area contributed by atoms with Crippen molar-refractivity contribution < 1.29 is 5.11 Å². The molecular weight excluding hydrogens is 198 g/mol. The molecule has 2 nitrogen and oxygen atoms in total. The lowest BCUT2D eigenvalue weighted by atomic mass is 10.0. The van der Waals surface area contributed by atoms with Crippen LogP contribution in [0.25, 0.3) is 0 Å². The first-order chi connectivity index (χ1) is 7.63.